The third-order valence-electron chi connectivity index (χ3n) is 5.40. The van der Waals surface area contributed by atoms with Crippen LogP contribution in [0.25, 0.3) is 0 Å². The van der Waals surface area contributed by atoms with Crippen molar-refractivity contribution in [2.24, 2.45) is 5.92 Å². The number of methoxy groups -OCH3 is 1. The molecule has 0 aliphatic rings. The number of hydrogen-bond acceptors (Lipinski definition) is 7. The lowest BCUT2D eigenvalue weighted by Gasteiger charge is -2.32. The highest BCUT2D eigenvalue weighted by atomic mass is 35.5. The van der Waals surface area contributed by atoms with E-state index in [9.17, 15) is 14.7 Å². The Labute approximate surface area is 199 Å². The fourth-order valence-electron chi connectivity index (χ4n) is 3.46. The molecule has 1 aromatic heterocycles. The summed E-state index contributed by atoms with van der Waals surface area (Å²) in [5.74, 6) is -1.05. The fraction of sp³-hybridized carbons (Fsp3) is 0.458. The number of rotatable bonds is 11. The van der Waals surface area contributed by atoms with Gasteiger partial charge in [-0.2, -0.15) is 0 Å². The van der Waals surface area contributed by atoms with Crippen molar-refractivity contribution in [3.05, 3.63) is 47.2 Å². The van der Waals surface area contributed by atoms with Gasteiger partial charge in [0.25, 0.3) is 5.91 Å². The van der Waals surface area contributed by atoms with Crippen LogP contribution in [0.15, 0.2) is 36.5 Å². The first kappa shape index (κ1) is 26.3. The van der Waals surface area contributed by atoms with Gasteiger partial charge in [-0.05, 0) is 44.7 Å². The summed E-state index contributed by atoms with van der Waals surface area (Å²) < 4.78 is 16.8. The van der Waals surface area contributed by atoms with Crippen LogP contribution in [0.3, 0.4) is 0 Å². The van der Waals surface area contributed by atoms with Crippen molar-refractivity contribution in [2.45, 2.75) is 58.8 Å². The number of esters is 1. The number of pyridine rings is 1. The van der Waals surface area contributed by atoms with E-state index in [1.54, 1.807) is 19.1 Å². The standard InChI is InChI=1S/C24H31ClN2O6/c1-6-16(7-2)22(33-18-11-9-8-10-17(18)25)15(4)32-24(30)14(3)27-23(29)20-21(28)19(31-5)12-13-26-20/h8-16,22,28H,6-7H2,1-5H3,(H,27,29)/t14-,15-,22-/m0/s1. The predicted molar refractivity (Wildman–Crippen MR) is 125 cm³/mol. The zero-order chi connectivity index (χ0) is 24.5. The maximum absolute atomic E-state index is 12.7. The van der Waals surface area contributed by atoms with Crippen LogP contribution in [0.2, 0.25) is 5.02 Å². The number of aromatic hydroxyl groups is 1. The molecule has 0 spiro atoms. The van der Waals surface area contributed by atoms with Crippen LogP contribution in [0.5, 0.6) is 17.2 Å². The molecule has 0 unspecified atom stereocenters. The van der Waals surface area contributed by atoms with Crippen molar-refractivity contribution in [3.8, 4) is 17.2 Å². The lowest BCUT2D eigenvalue weighted by Crippen LogP contribution is -2.45. The van der Waals surface area contributed by atoms with Gasteiger partial charge in [0.15, 0.2) is 17.2 Å². The number of benzene rings is 1. The molecule has 9 heteroatoms. The molecule has 0 radical (unpaired) electrons. The van der Waals surface area contributed by atoms with Crippen LogP contribution in [0, 0.1) is 5.92 Å². The van der Waals surface area contributed by atoms with Crippen LogP contribution < -0.4 is 14.8 Å². The summed E-state index contributed by atoms with van der Waals surface area (Å²) in [6.07, 6.45) is 1.92. The van der Waals surface area contributed by atoms with E-state index in [1.165, 1.54) is 26.3 Å². The van der Waals surface area contributed by atoms with Crippen LogP contribution >= 0.6 is 11.6 Å². The van der Waals surface area contributed by atoms with Crippen molar-refractivity contribution in [1.82, 2.24) is 10.3 Å². The lowest BCUT2D eigenvalue weighted by molar-refractivity contribution is -0.156. The van der Waals surface area contributed by atoms with E-state index in [4.69, 9.17) is 25.8 Å². The van der Waals surface area contributed by atoms with Gasteiger partial charge in [-0.25, -0.2) is 9.78 Å². The quantitative estimate of drug-likeness (QED) is 0.461. The zero-order valence-electron chi connectivity index (χ0n) is 19.5. The van der Waals surface area contributed by atoms with Gasteiger partial charge >= 0.3 is 5.97 Å². The van der Waals surface area contributed by atoms with E-state index in [0.29, 0.717) is 10.8 Å². The zero-order valence-corrected chi connectivity index (χ0v) is 20.3. The minimum atomic E-state index is -0.991. The maximum atomic E-state index is 12.7. The molecular weight excluding hydrogens is 448 g/mol. The van der Waals surface area contributed by atoms with E-state index < -0.39 is 35.9 Å². The summed E-state index contributed by atoms with van der Waals surface area (Å²) in [7, 11) is 1.36. The number of carbonyl (C=O) groups is 2. The average molecular weight is 479 g/mol. The Morgan fingerprint density at radius 3 is 2.39 bits per heavy atom. The normalized spacial score (nSPS) is 13.7. The Bertz CT molecular complexity index is 950. The highest BCUT2D eigenvalue weighted by molar-refractivity contribution is 6.32. The molecule has 3 atom stereocenters. The highest BCUT2D eigenvalue weighted by Crippen LogP contribution is 2.30. The topological polar surface area (TPSA) is 107 Å². The van der Waals surface area contributed by atoms with Gasteiger partial charge < -0.3 is 24.6 Å². The number of nitrogens with one attached hydrogen (secondary N) is 1. The number of amides is 1. The van der Waals surface area contributed by atoms with Gasteiger partial charge in [0.05, 0.1) is 12.1 Å². The fourth-order valence-corrected chi connectivity index (χ4v) is 3.64. The second-order valence-electron chi connectivity index (χ2n) is 7.64. The van der Waals surface area contributed by atoms with Gasteiger partial charge in [-0.1, -0.05) is 37.6 Å². The molecule has 0 saturated carbocycles. The molecular formula is C24H31ClN2O6. The van der Waals surface area contributed by atoms with Gasteiger partial charge in [0.2, 0.25) is 0 Å². The first-order valence-corrected chi connectivity index (χ1v) is 11.3. The van der Waals surface area contributed by atoms with Crippen molar-refractivity contribution in [1.29, 1.82) is 0 Å². The molecule has 33 heavy (non-hydrogen) atoms. The SMILES string of the molecule is CCC(CC)[C@@H](Oc1ccccc1Cl)[C@H](C)OC(=O)[C@H](C)NC(=O)c1nccc(OC)c1O. The summed E-state index contributed by atoms with van der Waals surface area (Å²) in [5, 5.41) is 13.1. The van der Waals surface area contributed by atoms with Crippen molar-refractivity contribution in [3.63, 3.8) is 0 Å². The van der Waals surface area contributed by atoms with E-state index >= 15 is 0 Å². The van der Waals surface area contributed by atoms with E-state index in [2.05, 4.69) is 10.3 Å². The van der Waals surface area contributed by atoms with Gasteiger partial charge in [-0.15, -0.1) is 0 Å². The number of hydrogen-bond donors (Lipinski definition) is 2. The Morgan fingerprint density at radius 1 is 1.12 bits per heavy atom. The monoisotopic (exact) mass is 478 g/mol. The third-order valence-corrected chi connectivity index (χ3v) is 5.71. The molecule has 8 nitrogen and oxygen atoms in total. The van der Waals surface area contributed by atoms with Crippen molar-refractivity contribution >= 4 is 23.5 Å². The van der Waals surface area contributed by atoms with Crippen LogP contribution in [-0.2, 0) is 9.53 Å². The van der Waals surface area contributed by atoms with E-state index in [-0.39, 0.29) is 17.4 Å². The molecule has 1 aromatic carbocycles. The molecule has 0 bridgehead atoms. The largest absolute Gasteiger partial charge is 0.503 e. The molecule has 2 N–H and O–H groups in total. The number of ether oxygens (including phenoxy) is 3. The van der Waals surface area contributed by atoms with Crippen LogP contribution in [0.4, 0.5) is 0 Å². The first-order chi connectivity index (χ1) is 15.7. The average Bonchev–Trinajstić information content (AvgIpc) is 2.80. The number of halogens is 1. The number of aromatic nitrogens is 1. The summed E-state index contributed by atoms with van der Waals surface area (Å²) in [6.45, 7) is 7.33. The van der Waals surface area contributed by atoms with Crippen molar-refractivity contribution in [2.75, 3.05) is 7.11 Å². The molecule has 2 aromatic rings. The van der Waals surface area contributed by atoms with Gasteiger partial charge in [0.1, 0.15) is 24.0 Å². The summed E-state index contributed by atoms with van der Waals surface area (Å²) in [5.41, 5.74) is -0.251. The lowest BCUT2D eigenvalue weighted by atomic mass is 9.93. The molecule has 0 aliphatic heterocycles. The molecule has 2 rings (SSSR count). The second-order valence-corrected chi connectivity index (χ2v) is 8.04. The van der Waals surface area contributed by atoms with Crippen LogP contribution in [-0.4, -0.2) is 47.3 Å². The number of para-hydroxylation sites is 1. The second kappa shape index (κ2) is 12.3. The molecule has 180 valence electrons. The highest BCUT2D eigenvalue weighted by Gasteiger charge is 2.32. The Balaban J connectivity index is 2.10. The summed E-state index contributed by atoms with van der Waals surface area (Å²) >= 11 is 6.25. The molecule has 0 saturated heterocycles. The molecule has 0 fully saturated rings. The Hall–Kier alpha value is -3.00. The summed E-state index contributed by atoms with van der Waals surface area (Å²) in [4.78, 5) is 29.1. The third kappa shape index (κ3) is 6.74. The minimum Gasteiger partial charge on any atom is -0.503 e. The number of nitrogens with zero attached hydrogens (tertiary/aromatic N) is 1. The van der Waals surface area contributed by atoms with Crippen molar-refractivity contribution < 1.29 is 28.9 Å². The first-order valence-electron chi connectivity index (χ1n) is 10.9. The summed E-state index contributed by atoms with van der Waals surface area (Å²) in [6, 6.07) is 7.56. The molecule has 0 aliphatic carbocycles. The van der Waals surface area contributed by atoms with Gasteiger partial charge in [-0.3, -0.25) is 4.79 Å². The van der Waals surface area contributed by atoms with E-state index in [1.807, 2.05) is 26.0 Å². The van der Waals surface area contributed by atoms with Gasteiger partial charge in [0, 0.05) is 12.3 Å². The minimum absolute atomic E-state index is 0.101. The molecule has 1 heterocycles. The van der Waals surface area contributed by atoms with Crippen LogP contribution in [0.1, 0.15) is 51.0 Å². The van der Waals surface area contributed by atoms with E-state index in [0.717, 1.165) is 12.8 Å². The Kier molecular flexibility index (Phi) is 9.78. The number of carbonyl (C=O) groups excluding carboxylic acids is 2. The maximum Gasteiger partial charge on any atom is 0.328 e. The molecule has 1 amide bonds. The predicted octanol–water partition coefficient (Wildman–Crippen LogP) is 4.38. The Morgan fingerprint density at radius 2 is 1.79 bits per heavy atom. The smallest absolute Gasteiger partial charge is 0.328 e.